The minimum absolute atomic E-state index is 0.148. The number of amides is 1. The Morgan fingerprint density at radius 1 is 0.852 bits per heavy atom. The molecule has 1 amide bonds. The van der Waals surface area contributed by atoms with Crippen molar-refractivity contribution >= 4 is 11.9 Å². The van der Waals surface area contributed by atoms with Gasteiger partial charge in [-0.2, -0.15) is 0 Å². The lowest BCUT2D eigenvalue weighted by Crippen LogP contribution is -2.40. The lowest BCUT2D eigenvalue weighted by molar-refractivity contribution is -0.144. The maximum absolute atomic E-state index is 13.4. The van der Waals surface area contributed by atoms with Gasteiger partial charge in [0.2, 0.25) is 5.91 Å². The molecule has 0 aromatic heterocycles. The number of carboxylic acids is 1. The van der Waals surface area contributed by atoms with Crippen molar-refractivity contribution in [1.82, 2.24) is 4.90 Å². The average Bonchev–Trinajstić information content (AvgIpc) is 2.68. The SMILES string of the molecule is CCCCCCCN(CC(=O)O)C(=O)C(c1ccccc1)c1ccccc1. The summed E-state index contributed by atoms with van der Waals surface area (Å²) in [6.07, 6.45) is 5.28. The van der Waals surface area contributed by atoms with E-state index in [4.69, 9.17) is 0 Å². The first-order chi connectivity index (χ1) is 13.1. The smallest absolute Gasteiger partial charge is 0.323 e. The van der Waals surface area contributed by atoms with E-state index in [9.17, 15) is 14.7 Å². The molecule has 0 bridgehead atoms. The second-order valence-electron chi connectivity index (χ2n) is 6.82. The minimum Gasteiger partial charge on any atom is -0.480 e. The van der Waals surface area contributed by atoms with Crippen molar-refractivity contribution in [3.63, 3.8) is 0 Å². The first-order valence-electron chi connectivity index (χ1n) is 9.74. The highest BCUT2D eigenvalue weighted by atomic mass is 16.4. The number of rotatable bonds is 11. The molecule has 2 aromatic rings. The van der Waals surface area contributed by atoms with E-state index in [0.29, 0.717) is 6.54 Å². The van der Waals surface area contributed by atoms with E-state index >= 15 is 0 Å². The summed E-state index contributed by atoms with van der Waals surface area (Å²) in [6, 6.07) is 19.2. The summed E-state index contributed by atoms with van der Waals surface area (Å²) in [6.45, 7) is 2.37. The lowest BCUT2D eigenvalue weighted by Gasteiger charge is -2.27. The molecule has 27 heavy (non-hydrogen) atoms. The predicted octanol–water partition coefficient (Wildman–Crippen LogP) is 4.70. The van der Waals surface area contributed by atoms with E-state index in [1.807, 2.05) is 60.7 Å². The molecule has 4 heteroatoms. The fourth-order valence-corrected chi connectivity index (χ4v) is 3.29. The Bertz CT molecular complexity index is 661. The Morgan fingerprint density at radius 2 is 1.37 bits per heavy atom. The molecule has 0 fully saturated rings. The third kappa shape index (κ3) is 6.55. The summed E-state index contributed by atoms with van der Waals surface area (Å²) >= 11 is 0. The molecule has 0 aliphatic rings. The van der Waals surface area contributed by atoms with Crippen LogP contribution in [-0.2, 0) is 9.59 Å². The molecule has 0 spiro atoms. The quantitative estimate of drug-likeness (QED) is 0.586. The largest absolute Gasteiger partial charge is 0.480 e. The van der Waals surface area contributed by atoms with Crippen LogP contribution in [0.25, 0.3) is 0 Å². The first-order valence-corrected chi connectivity index (χ1v) is 9.74. The topological polar surface area (TPSA) is 57.6 Å². The van der Waals surface area contributed by atoms with Crippen molar-refractivity contribution in [3.8, 4) is 0 Å². The number of carbonyl (C=O) groups excluding carboxylic acids is 1. The number of carbonyl (C=O) groups is 2. The predicted molar refractivity (Wildman–Crippen MR) is 108 cm³/mol. The molecule has 144 valence electrons. The maximum Gasteiger partial charge on any atom is 0.323 e. The molecule has 2 aromatic carbocycles. The van der Waals surface area contributed by atoms with E-state index in [1.165, 1.54) is 11.3 Å². The van der Waals surface area contributed by atoms with Crippen molar-refractivity contribution in [2.45, 2.75) is 44.9 Å². The van der Waals surface area contributed by atoms with Gasteiger partial charge in [0.15, 0.2) is 0 Å². The minimum atomic E-state index is -0.975. The Labute approximate surface area is 161 Å². The number of hydrogen-bond donors (Lipinski definition) is 1. The van der Waals surface area contributed by atoms with Crippen molar-refractivity contribution in [2.75, 3.05) is 13.1 Å². The molecular formula is C23H29NO3. The number of unbranched alkanes of at least 4 members (excludes halogenated alkanes) is 4. The average molecular weight is 367 g/mol. The molecule has 0 atom stereocenters. The molecule has 4 nitrogen and oxygen atoms in total. The van der Waals surface area contributed by atoms with Gasteiger partial charge in [0.1, 0.15) is 6.54 Å². The van der Waals surface area contributed by atoms with Gasteiger partial charge in [-0.3, -0.25) is 9.59 Å². The monoisotopic (exact) mass is 367 g/mol. The van der Waals surface area contributed by atoms with Gasteiger partial charge in [-0.1, -0.05) is 93.3 Å². The van der Waals surface area contributed by atoms with E-state index in [-0.39, 0.29) is 12.5 Å². The zero-order valence-corrected chi connectivity index (χ0v) is 16.0. The summed E-state index contributed by atoms with van der Waals surface area (Å²) in [4.78, 5) is 26.2. The number of carboxylic acid groups (broad SMARTS) is 1. The van der Waals surface area contributed by atoms with E-state index in [0.717, 1.165) is 36.8 Å². The molecule has 2 rings (SSSR count). The van der Waals surface area contributed by atoms with E-state index in [2.05, 4.69) is 6.92 Å². The second kappa shape index (κ2) is 11.2. The summed E-state index contributed by atoms with van der Waals surface area (Å²) < 4.78 is 0. The summed E-state index contributed by atoms with van der Waals surface area (Å²) in [5.41, 5.74) is 1.77. The third-order valence-corrected chi connectivity index (χ3v) is 4.68. The fourth-order valence-electron chi connectivity index (χ4n) is 3.29. The van der Waals surface area contributed by atoms with Crippen molar-refractivity contribution in [2.24, 2.45) is 0 Å². The molecule has 0 heterocycles. The van der Waals surface area contributed by atoms with Gasteiger partial charge in [0, 0.05) is 6.54 Å². The Morgan fingerprint density at radius 3 is 1.85 bits per heavy atom. The highest BCUT2D eigenvalue weighted by Crippen LogP contribution is 2.27. The van der Waals surface area contributed by atoms with Gasteiger partial charge < -0.3 is 10.0 Å². The van der Waals surface area contributed by atoms with Crippen LogP contribution in [0.5, 0.6) is 0 Å². The normalized spacial score (nSPS) is 10.7. The van der Waals surface area contributed by atoms with Crippen LogP contribution in [0, 0.1) is 0 Å². The van der Waals surface area contributed by atoms with Crippen LogP contribution in [0.15, 0.2) is 60.7 Å². The first kappa shape index (κ1) is 20.7. The van der Waals surface area contributed by atoms with Crippen LogP contribution in [-0.4, -0.2) is 35.0 Å². The highest BCUT2D eigenvalue weighted by molar-refractivity contribution is 5.89. The van der Waals surface area contributed by atoms with Gasteiger partial charge in [-0.25, -0.2) is 0 Å². The number of hydrogen-bond acceptors (Lipinski definition) is 2. The number of nitrogens with zero attached hydrogens (tertiary/aromatic N) is 1. The zero-order valence-electron chi connectivity index (χ0n) is 16.0. The highest BCUT2D eigenvalue weighted by Gasteiger charge is 2.28. The summed E-state index contributed by atoms with van der Waals surface area (Å²) in [5, 5.41) is 9.30. The maximum atomic E-state index is 13.4. The van der Waals surface area contributed by atoms with Crippen molar-refractivity contribution in [1.29, 1.82) is 0 Å². The van der Waals surface area contributed by atoms with Gasteiger partial charge in [-0.05, 0) is 17.5 Å². The second-order valence-corrected chi connectivity index (χ2v) is 6.82. The van der Waals surface area contributed by atoms with Gasteiger partial charge in [0.25, 0.3) is 0 Å². The molecule has 0 unspecified atom stereocenters. The Kier molecular flexibility index (Phi) is 8.56. The van der Waals surface area contributed by atoms with Gasteiger partial charge in [0.05, 0.1) is 5.92 Å². The van der Waals surface area contributed by atoms with Crippen molar-refractivity contribution in [3.05, 3.63) is 71.8 Å². The van der Waals surface area contributed by atoms with E-state index in [1.54, 1.807) is 0 Å². The van der Waals surface area contributed by atoms with Crippen LogP contribution < -0.4 is 0 Å². The summed E-state index contributed by atoms with van der Waals surface area (Å²) in [7, 11) is 0. The molecule has 0 aliphatic heterocycles. The van der Waals surface area contributed by atoms with Crippen molar-refractivity contribution < 1.29 is 14.7 Å². The van der Waals surface area contributed by atoms with Crippen LogP contribution in [0.2, 0.25) is 0 Å². The molecule has 0 radical (unpaired) electrons. The molecular weight excluding hydrogens is 338 g/mol. The number of benzene rings is 2. The van der Waals surface area contributed by atoms with Crippen LogP contribution in [0.3, 0.4) is 0 Å². The summed E-state index contributed by atoms with van der Waals surface area (Å²) in [5.74, 6) is -1.61. The van der Waals surface area contributed by atoms with Crippen LogP contribution in [0.1, 0.15) is 56.1 Å². The standard InChI is InChI=1S/C23H29NO3/c1-2-3-4-5-12-17-24(18-21(25)26)23(27)22(19-13-8-6-9-14-19)20-15-10-7-11-16-20/h6-11,13-16,22H,2-5,12,17-18H2,1H3,(H,25,26). The Balaban J connectivity index is 2.22. The molecule has 1 N–H and O–H groups in total. The third-order valence-electron chi connectivity index (χ3n) is 4.68. The fraction of sp³-hybridized carbons (Fsp3) is 0.391. The number of aliphatic carboxylic acids is 1. The Hall–Kier alpha value is -2.62. The van der Waals surface area contributed by atoms with E-state index < -0.39 is 11.9 Å². The molecule has 0 aliphatic carbocycles. The lowest BCUT2D eigenvalue weighted by atomic mass is 9.90. The van der Waals surface area contributed by atoms with Crippen LogP contribution >= 0.6 is 0 Å². The van der Waals surface area contributed by atoms with Gasteiger partial charge in [-0.15, -0.1) is 0 Å². The molecule has 0 saturated carbocycles. The zero-order chi connectivity index (χ0) is 19.5. The van der Waals surface area contributed by atoms with Crippen LogP contribution in [0.4, 0.5) is 0 Å². The molecule has 0 saturated heterocycles. The van der Waals surface area contributed by atoms with Gasteiger partial charge >= 0.3 is 5.97 Å².